The summed E-state index contributed by atoms with van der Waals surface area (Å²) in [6.45, 7) is 2.06. The van der Waals surface area contributed by atoms with E-state index in [0.717, 1.165) is 18.2 Å². The van der Waals surface area contributed by atoms with Crippen LogP contribution in [0, 0.1) is 17.7 Å². The standard InChI is InChI=1S/C19H19ClF2N2O4S/c1-2-28-19(25)8-11-6-12(7-11)13-9-15(21)16(10-14(13)20)29(26,27)24-18-5-3-4-17(22)23-18/h3-5,9-12H,2,6-8H2,1H3,(H,23,24). The van der Waals surface area contributed by atoms with Crippen LogP contribution in [0.15, 0.2) is 35.2 Å². The maximum Gasteiger partial charge on any atom is 0.306 e. The fourth-order valence-electron chi connectivity index (χ4n) is 3.33. The lowest BCUT2D eigenvalue weighted by molar-refractivity contribution is -0.145. The van der Waals surface area contributed by atoms with E-state index in [9.17, 15) is 22.0 Å². The smallest absolute Gasteiger partial charge is 0.306 e. The normalized spacial score (nSPS) is 18.8. The van der Waals surface area contributed by atoms with Gasteiger partial charge in [0.1, 0.15) is 16.5 Å². The topological polar surface area (TPSA) is 85.4 Å². The molecular weight excluding hydrogens is 426 g/mol. The quantitative estimate of drug-likeness (QED) is 0.509. The highest BCUT2D eigenvalue weighted by molar-refractivity contribution is 7.92. The third-order valence-corrected chi connectivity index (χ3v) is 6.43. The molecule has 3 rings (SSSR count). The molecule has 156 valence electrons. The minimum Gasteiger partial charge on any atom is -0.466 e. The Bertz CT molecular complexity index is 1030. The van der Waals surface area contributed by atoms with E-state index in [1.165, 1.54) is 12.1 Å². The number of benzene rings is 1. The molecule has 29 heavy (non-hydrogen) atoms. The summed E-state index contributed by atoms with van der Waals surface area (Å²) in [4.78, 5) is 14.3. The van der Waals surface area contributed by atoms with Gasteiger partial charge < -0.3 is 4.74 Å². The number of carbonyl (C=O) groups is 1. The van der Waals surface area contributed by atoms with E-state index in [2.05, 4.69) is 4.98 Å². The molecule has 0 aliphatic heterocycles. The lowest BCUT2D eigenvalue weighted by Crippen LogP contribution is -2.25. The van der Waals surface area contributed by atoms with Crippen LogP contribution in [0.4, 0.5) is 14.6 Å². The Morgan fingerprint density at radius 2 is 2.03 bits per heavy atom. The van der Waals surface area contributed by atoms with Crippen LogP contribution in [0.2, 0.25) is 5.02 Å². The molecule has 2 aromatic rings. The van der Waals surface area contributed by atoms with Gasteiger partial charge >= 0.3 is 5.97 Å². The molecular formula is C19H19ClF2N2O4S. The van der Waals surface area contributed by atoms with Crippen LogP contribution in [-0.4, -0.2) is 26.0 Å². The first-order chi connectivity index (χ1) is 13.7. The predicted molar refractivity (Wildman–Crippen MR) is 103 cm³/mol. The van der Waals surface area contributed by atoms with Crippen molar-refractivity contribution in [1.29, 1.82) is 0 Å². The molecule has 0 amide bonds. The summed E-state index contributed by atoms with van der Waals surface area (Å²) in [5.74, 6) is -2.33. The molecule has 1 saturated carbocycles. The molecule has 0 unspecified atom stereocenters. The molecule has 0 spiro atoms. The molecule has 0 atom stereocenters. The van der Waals surface area contributed by atoms with Crippen LogP contribution in [0.25, 0.3) is 0 Å². The average Bonchev–Trinajstić information content (AvgIpc) is 2.59. The monoisotopic (exact) mass is 444 g/mol. The average molecular weight is 445 g/mol. The highest BCUT2D eigenvalue weighted by Crippen LogP contribution is 2.46. The number of esters is 1. The summed E-state index contributed by atoms with van der Waals surface area (Å²) in [6, 6.07) is 5.70. The lowest BCUT2D eigenvalue weighted by atomic mass is 9.70. The van der Waals surface area contributed by atoms with Crippen molar-refractivity contribution in [2.24, 2.45) is 5.92 Å². The third kappa shape index (κ3) is 5.02. The van der Waals surface area contributed by atoms with Gasteiger partial charge in [-0.2, -0.15) is 4.39 Å². The van der Waals surface area contributed by atoms with Crippen molar-refractivity contribution >= 4 is 33.4 Å². The number of halogens is 3. The van der Waals surface area contributed by atoms with Gasteiger partial charge in [0.15, 0.2) is 0 Å². The van der Waals surface area contributed by atoms with Crippen molar-refractivity contribution in [2.75, 3.05) is 11.3 Å². The van der Waals surface area contributed by atoms with Gasteiger partial charge in [-0.05, 0) is 61.4 Å². The Kier molecular flexibility index (Phi) is 6.38. The molecule has 1 aliphatic rings. The van der Waals surface area contributed by atoms with Crippen LogP contribution in [-0.2, 0) is 19.6 Å². The fourth-order valence-corrected chi connectivity index (χ4v) is 4.80. The molecule has 0 radical (unpaired) electrons. The van der Waals surface area contributed by atoms with Gasteiger partial charge in [0.2, 0.25) is 5.95 Å². The van der Waals surface area contributed by atoms with Gasteiger partial charge in [0.05, 0.1) is 6.61 Å². The number of pyridine rings is 1. The van der Waals surface area contributed by atoms with Gasteiger partial charge in [-0.25, -0.2) is 17.8 Å². The number of aromatic nitrogens is 1. The SMILES string of the molecule is CCOC(=O)CC1CC(c2cc(F)c(S(=O)(=O)Nc3cccc(F)n3)cc2Cl)C1. The summed E-state index contributed by atoms with van der Waals surface area (Å²) in [5.41, 5.74) is 0.493. The number of hydrogen-bond acceptors (Lipinski definition) is 5. The van der Waals surface area contributed by atoms with Gasteiger partial charge in [0.25, 0.3) is 10.0 Å². The molecule has 1 N–H and O–H groups in total. The van der Waals surface area contributed by atoms with Crippen molar-refractivity contribution in [3.8, 4) is 0 Å². The van der Waals surface area contributed by atoms with E-state index in [1.807, 2.05) is 4.72 Å². The van der Waals surface area contributed by atoms with E-state index in [4.69, 9.17) is 16.3 Å². The zero-order chi connectivity index (χ0) is 21.2. The Morgan fingerprint density at radius 1 is 1.31 bits per heavy atom. The van der Waals surface area contributed by atoms with Crippen molar-refractivity contribution in [2.45, 2.75) is 37.0 Å². The molecule has 1 heterocycles. The molecule has 0 bridgehead atoms. The van der Waals surface area contributed by atoms with Gasteiger partial charge in [-0.1, -0.05) is 17.7 Å². The number of anilines is 1. The number of sulfonamides is 1. The van der Waals surface area contributed by atoms with Crippen LogP contribution >= 0.6 is 11.6 Å². The molecule has 10 heteroatoms. The molecule has 0 saturated heterocycles. The molecule has 1 fully saturated rings. The van der Waals surface area contributed by atoms with Gasteiger partial charge in [-0.15, -0.1) is 0 Å². The van der Waals surface area contributed by atoms with Crippen LogP contribution in [0.5, 0.6) is 0 Å². The Morgan fingerprint density at radius 3 is 2.69 bits per heavy atom. The first-order valence-electron chi connectivity index (χ1n) is 8.99. The van der Waals surface area contributed by atoms with E-state index in [-0.39, 0.29) is 28.6 Å². The van der Waals surface area contributed by atoms with Crippen molar-refractivity contribution in [3.63, 3.8) is 0 Å². The van der Waals surface area contributed by atoms with Gasteiger partial charge in [0, 0.05) is 11.4 Å². The van der Waals surface area contributed by atoms with E-state index >= 15 is 0 Å². The van der Waals surface area contributed by atoms with Crippen LogP contribution < -0.4 is 4.72 Å². The summed E-state index contributed by atoms with van der Waals surface area (Å²) in [5, 5.41) is 0.110. The summed E-state index contributed by atoms with van der Waals surface area (Å²) < 4.78 is 59.6. The highest BCUT2D eigenvalue weighted by Gasteiger charge is 2.34. The van der Waals surface area contributed by atoms with Crippen LogP contribution in [0.3, 0.4) is 0 Å². The maximum atomic E-state index is 14.6. The number of nitrogens with one attached hydrogen (secondary N) is 1. The number of ether oxygens (including phenoxy) is 1. The fraction of sp³-hybridized carbons (Fsp3) is 0.368. The highest BCUT2D eigenvalue weighted by atomic mass is 35.5. The van der Waals surface area contributed by atoms with Crippen LogP contribution in [0.1, 0.15) is 37.7 Å². The van der Waals surface area contributed by atoms with E-state index in [0.29, 0.717) is 31.4 Å². The molecule has 6 nitrogen and oxygen atoms in total. The molecule has 1 aromatic carbocycles. The Balaban J connectivity index is 1.74. The summed E-state index contributed by atoms with van der Waals surface area (Å²) in [7, 11) is -4.35. The first kappa shape index (κ1) is 21.4. The molecule has 1 aromatic heterocycles. The van der Waals surface area contributed by atoms with E-state index < -0.39 is 26.7 Å². The largest absolute Gasteiger partial charge is 0.466 e. The van der Waals surface area contributed by atoms with Crippen molar-refractivity contribution < 1.29 is 26.7 Å². The second kappa shape index (κ2) is 8.62. The second-order valence-electron chi connectivity index (χ2n) is 6.80. The van der Waals surface area contributed by atoms with E-state index in [1.54, 1.807) is 6.92 Å². The Labute approximate surface area is 172 Å². The number of nitrogens with zero attached hydrogens (tertiary/aromatic N) is 1. The van der Waals surface area contributed by atoms with Crippen molar-refractivity contribution in [3.05, 3.63) is 52.7 Å². The number of carbonyl (C=O) groups excluding carboxylic acids is 1. The Hall–Kier alpha value is -2.26. The molecule has 1 aliphatic carbocycles. The first-order valence-corrected chi connectivity index (χ1v) is 10.9. The van der Waals surface area contributed by atoms with Gasteiger partial charge in [-0.3, -0.25) is 9.52 Å². The zero-order valence-corrected chi connectivity index (χ0v) is 17.1. The third-order valence-electron chi connectivity index (χ3n) is 4.73. The number of hydrogen-bond donors (Lipinski definition) is 1. The maximum absolute atomic E-state index is 14.6. The minimum atomic E-state index is -4.35. The van der Waals surface area contributed by atoms with Crippen molar-refractivity contribution in [1.82, 2.24) is 4.98 Å². The minimum absolute atomic E-state index is 0.0639. The zero-order valence-electron chi connectivity index (χ0n) is 15.5. The summed E-state index contributed by atoms with van der Waals surface area (Å²) in [6.07, 6.45) is 1.56. The lowest BCUT2D eigenvalue weighted by Gasteiger charge is -2.35. The second-order valence-corrected chi connectivity index (χ2v) is 8.86. The number of rotatable bonds is 7. The predicted octanol–water partition coefficient (Wildman–Crippen LogP) is 4.26. The summed E-state index contributed by atoms with van der Waals surface area (Å²) >= 11 is 6.22.